The Morgan fingerprint density at radius 3 is 2.66 bits per heavy atom. The van der Waals surface area contributed by atoms with Gasteiger partial charge in [-0.2, -0.15) is 10.4 Å². The normalized spacial score (nSPS) is 12.7. The molecular formula is C24H23N7O4. The van der Waals surface area contributed by atoms with Crippen molar-refractivity contribution in [3.63, 3.8) is 0 Å². The van der Waals surface area contributed by atoms with Gasteiger partial charge in [-0.15, -0.1) is 0 Å². The van der Waals surface area contributed by atoms with Crippen LogP contribution in [0.5, 0.6) is 5.75 Å². The molecule has 0 spiro atoms. The van der Waals surface area contributed by atoms with Crippen LogP contribution in [0.2, 0.25) is 0 Å². The molecule has 2 N–H and O–H groups in total. The van der Waals surface area contributed by atoms with E-state index in [0.29, 0.717) is 5.56 Å². The van der Waals surface area contributed by atoms with Crippen molar-refractivity contribution in [3.05, 3.63) is 87.2 Å². The summed E-state index contributed by atoms with van der Waals surface area (Å²) in [5, 5.41) is 30.7. The Bertz CT molecular complexity index is 1500. The molecule has 2 unspecified atom stereocenters. The summed E-state index contributed by atoms with van der Waals surface area (Å²) in [6.45, 7) is 3.71. The van der Waals surface area contributed by atoms with Gasteiger partial charge in [-0.25, -0.2) is 4.98 Å². The molecule has 3 heterocycles. The molecule has 0 fully saturated rings. The molecule has 2 atom stereocenters. The minimum Gasteiger partial charge on any atom is -0.501 e. The highest BCUT2D eigenvalue weighted by molar-refractivity contribution is 6.04. The number of nitriles is 1. The lowest BCUT2D eigenvalue weighted by molar-refractivity contribution is 0.101. The predicted molar refractivity (Wildman–Crippen MR) is 125 cm³/mol. The monoisotopic (exact) mass is 473 g/mol. The van der Waals surface area contributed by atoms with Crippen LogP contribution in [0.1, 0.15) is 57.6 Å². The summed E-state index contributed by atoms with van der Waals surface area (Å²) in [6, 6.07) is 11.3. The van der Waals surface area contributed by atoms with Crippen molar-refractivity contribution in [1.29, 1.82) is 5.26 Å². The average Bonchev–Trinajstić information content (AvgIpc) is 3.47. The highest BCUT2D eigenvalue weighted by atomic mass is 16.5. The van der Waals surface area contributed by atoms with E-state index in [1.807, 2.05) is 32.0 Å². The van der Waals surface area contributed by atoms with Gasteiger partial charge in [0.15, 0.2) is 5.69 Å². The first-order valence-electron chi connectivity index (χ1n) is 10.7. The fourth-order valence-corrected chi connectivity index (χ4v) is 4.25. The molecule has 35 heavy (non-hydrogen) atoms. The van der Waals surface area contributed by atoms with E-state index >= 15 is 0 Å². The highest BCUT2D eigenvalue weighted by Gasteiger charge is 2.32. The Labute approximate surface area is 200 Å². The molecule has 0 radical (unpaired) electrons. The van der Waals surface area contributed by atoms with Crippen molar-refractivity contribution in [2.75, 3.05) is 5.32 Å². The maximum Gasteiger partial charge on any atom is 0.296 e. The summed E-state index contributed by atoms with van der Waals surface area (Å²) in [6.07, 6.45) is 2.48. The lowest BCUT2D eigenvalue weighted by atomic mass is 9.81. The molecule has 178 valence electrons. The zero-order valence-electron chi connectivity index (χ0n) is 19.6. The Kier molecular flexibility index (Phi) is 6.20. The number of aryl methyl sites for hydroxylation is 2. The standard InChI is InChI=1S/C24H23N7O4/c1-13-9-18(31(4)29-13)19(17-8-6-5-7-15(17)10-25)14(2)22-28-20(21(32)24(34)30(22)3)23(33)27-16-11-26-35-12-16/h5-9,11-12,14,19,32H,1-4H3,(H,27,33). The first kappa shape index (κ1) is 23.4. The first-order valence-corrected chi connectivity index (χ1v) is 10.7. The summed E-state index contributed by atoms with van der Waals surface area (Å²) in [5.41, 5.74) is 1.83. The van der Waals surface area contributed by atoms with E-state index in [0.717, 1.165) is 17.0 Å². The minimum absolute atomic E-state index is 0.248. The molecule has 1 amide bonds. The Morgan fingerprint density at radius 2 is 2.03 bits per heavy atom. The topological polar surface area (TPSA) is 152 Å². The quantitative estimate of drug-likeness (QED) is 0.433. The molecule has 4 aromatic rings. The number of anilines is 1. The van der Waals surface area contributed by atoms with Crippen LogP contribution in [0.3, 0.4) is 0 Å². The van der Waals surface area contributed by atoms with Crippen molar-refractivity contribution < 1.29 is 14.4 Å². The lowest BCUT2D eigenvalue weighted by Gasteiger charge is -2.27. The summed E-state index contributed by atoms with van der Waals surface area (Å²) < 4.78 is 7.64. The number of benzene rings is 1. The smallest absolute Gasteiger partial charge is 0.296 e. The lowest BCUT2D eigenvalue weighted by Crippen LogP contribution is -2.30. The van der Waals surface area contributed by atoms with Crippen molar-refractivity contribution in [2.24, 2.45) is 14.1 Å². The molecule has 11 nitrogen and oxygen atoms in total. The zero-order valence-corrected chi connectivity index (χ0v) is 19.6. The van der Waals surface area contributed by atoms with Crippen LogP contribution >= 0.6 is 0 Å². The Hall–Kier alpha value is -4.72. The van der Waals surface area contributed by atoms with E-state index in [1.54, 1.807) is 23.9 Å². The van der Waals surface area contributed by atoms with Crippen molar-refractivity contribution >= 4 is 11.6 Å². The third-order valence-electron chi connectivity index (χ3n) is 5.89. The molecule has 0 aliphatic heterocycles. The van der Waals surface area contributed by atoms with Crippen LogP contribution in [0.15, 0.2) is 52.1 Å². The third-order valence-corrected chi connectivity index (χ3v) is 5.89. The molecule has 1 aromatic carbocycles. The van der Waals surface area contributed by atoms with Gasteiger partial charge in [0.1, 0.15) is 17.8 Å². The van der Waals surface area contributed by atoms with Gasteiger partial charge in [-0.1, -0.05) is 30.3 Å². The number of aromatic nitrogens is 5. The van der Waals surface area contributed by atoms with Crippen molar-refractivity contribution in [3.8, 4) is 11.8 Å². The fourth-order valence-electron chi connectivity index (χ4n) is 4.25. The molecular weight excluding hydrogens is 450 g/mol. The number of nitrogens with zero attached hydrogens (tertiary/aromatic N) is 6. The van der Waals surface area contributed by atoms with Gasteiger partial charge in [0.05, 0.1) is 23.5 Å². The maximum absolute atomic E-state index is 12.9. The molecule has 0 saturated carbocycles. The van der Waals surface area contributed by atoms with E-state index in [9.17, 15) is 20.0 Å². The number of amides is 1. The second-order valence-electron chi connectivity index (χ2n) is 8.20. The molecule has 0 aliphatic rings. The number of hydrogen-bond acceptors (Lipinski definition) is 8. The predicted octanol–water partition coefficient (Wildman–Crippen LogP) is 2.58. The number of aromatic hydroxyl groups is 1. The third kappa shape index (κ3) is 4.29. The highest BCUT2D eigenvalue weighted by Crippen LogP contribution is 2.39. The minimum atomic E-state index is -0.790. The number of hydrogen-bond donors (Lipinski definition) is 2. The van der Waals surface area contributed by atoms with E-state index in [2.05, 4.69) is 26.6 Å². The number of rotatable bonds is 6. The Morgan fingerprint density at radius 1 is 1.29 bits per heavy atom. The van der Waals surface area contributed by atoms with Crippen LogP contribution in [-0.4, -0.2) is 35.5 Å². The Balaban J connectivity index is 1.88. The van der Waals surface area contributed by atoms with Crippen molar-refractivity contribution in [2.45, 2.75) is 25.7 Å². The van der Waals surface area contributed by atoms with Crippen LogP contribution in [-0.2, 0) is 14.1 Å². The van der Waals surface area contributed by atoms with Crippen LogP contribution in [0.4, 0.5) is 5.69 Å². The van der Waals surface area contributed by atoms with Gasteiger partial charge < -0.3 is 14.9 Å². The fraction of sp³-hybridized carbons (Fsp3) is 0.250. The van der Waals surface area contributed by atoms with Gasteiger partial charge in [0.2, 0.25) is 5.75 Å². The van der Waals surface area contributed by atoms with E-state index in [4.69, 9.17) is 4.52 Å². The SMILES string of the molecule is Cc1cc(C(c2ccccc2C#N)C(C)c2nc(C(=O)Nc3cnoc3)c(O)c(=O)n2C)n(C)n1. The molecule has 0 saturated heterocycles. The van der Waals surface area contributed by atoms with Gasteiger partial charge in [-0.3, -0.25) is 18.8 Å². The zero-order chi connectivity index (χ0) is 25.3. The van der Waals surface area contributed by atoms with Gasteiger partial charge in [-0.05, 0) is 24.6 Å². The molecule has 0 bridgehead atoms. The summed E-state index contributed by atoms with van der Waals surface area (Å²) >= 11 is 0. The van der Waals surface area contributed by atoms with Gasteiger partial charge in [0.25, 0.3) is 11.5 Å². The van der Waals surface area contributed by atoms with Crippen molar-refractivity contribution in [1.82, 2.24) is 24.5 Å². The molecule has 11 heteroatoms. The summed E-state index contributed by atoms with van der Waals surface area (Å²) in [7, 11) is 3.28. The van der Waals surface area contributed by atoms with Gasteiger partial charge >= 0.3 is 0 Å². The largest absolute Gasteiger partial charge is 0.501 e. The van der Waals surface area contributed by atoms with E-state index in [1.165, 1.54) is 24.1 Å². The summed E-state index contributed by atoms with van der Waals surface area (Å²) in [5.74, 6) is -2.25. The average molecular weight is 473 g/mol. The molecule has 3 aromatic heterocycles. The van der Waals surface area contributed by atoms with E-state index < -0.39 is 34.7 Å². The number of carbonyl (C=O) groups is 1. The molecule has 4 rings (SSSR count). The van der Waals surface area contributed by atoms with Crippen LogP contribution in [0, 0.1) is 18.3 Å². The van der Waals surface area contributed by atoms with E-state index in [-0.39, 0.29) is 11.5 Å². The second kappa shape index (κ2) is 9.26. The number of nitrogens with one attached hydrogen (secondary N) is 1. The van der Waals surface area contributed by atoms with Gasteiger partial charge in [0, 0.05) is 31.6 Å². The molecule has 0 aliphatic carbocycles. The van der Waals surface area contributed by atoms with Crippen LogP contribution in [0.25, 0.3) is 0 Å². The number of carbonyl (C=O) groups excluding carboxylic acids is 1. The summed E-state index contributed by atoms with van der Waals surface area (Å²) in [4.78, 5) is 30.1. The second-order valence-corrected chi connectivity index (χ2v) is 8.20. The first-order chi connectivity index (χ1) is 16.7. The maximum atomic E-state index is 12.9. The van der Waals surface area contributed by atoms with Crippen LogP contribution < -0.4 is 10.9 Å².